The largest absolute Gasteiger partial charge is 0.493 e. The van der Waals surface area contributed by atoms with E-state index >= 15 is 0 Å². The number of nitrogens with zero attached hydrogens (tertiary/aromatic N) is 2. The number of aromatic nitrogens is 1. The van der Waals surface area contributed by atoms with Crippen molar-refractivity contribution in [2.24, 2.45) is 0 Å². The van der Waals surface area contributed by atoms with Gasteiger partial charge < -0.3 is 14.6 Å². The molecule has 146 valence electrons. The maximum Gasteiger partial charge on any atom is 0.268 e. The molecule has 0 fully saturated rings. The molecule has 2 aromatic rings. The highest BCUT2D eigenvalue weighted by molar-refractivity contribution is 8.04. The number of amides is 2. The fourth-order valence-corrected chi connectivity index (χ4v) is 3.78. The highest BCUT2D eigenvalue weighted by Crippen LogP contribution is 2.39. The second-order valence-electron chi connectivity index (χ2n) is 5.90. The Labute approximate surface area is 167 Å². The minimum Gasteiger partial charge on any atom is -0.493 e. The number of ether oxygens (including phenoxy) is 2. The third kappa shape index (κ3) is 3.88. The van der Waals surface area contributed by atoms with E-state index in [2.05, 4.69) is 4.98 Å². The molecule has 0 aliphatic carbocycles. The van der Waals surface area contributed by atoms with Gasteiger partial charge in [0.25, 0.3) is 11.8 Å². The van der Waals surface area contributed by atoms with Crippen molar-refractivity contribution in [3.63, 3.8) is 0 Å². The lowest BCUT2D eigenvalue weighted by Gasteiger charge is -2.15. The third-order valence-electron chi connectivity index (χ3n) is 4.20. The number of imide groups is 1. The van der Waals surface area contributed by atoms with Crippen molar-refractivity contribution < 1.29 is 24.2 Å². The SMILES string of the molecule is COc1ccc(C2=C(SCCO)C(=O)N(Cc3cccnc3)C2=O)cc1OC. The van der Waals surface area contributed by atoms with Crippen LogP contribution in [0.4, 0.5) is 0 Å². The van der Waals surface area contributed by atoms with Gasteiger partial charge in [0.05, 0.1) is 37.8 Å². The van der Waals surface area contributed by atoms with E-state index in [1.165, 1.54) is 30.9 Å². The Hall–Kier alpha value is -2.84. The van der Waals surface area contributed by atoms with Gasteiger partial charge in [-0.25, -0.2) is 0 Å². The second-order valence-corrected chi connectivity index (χ2v) is 7.01. The molecule has 1 N–H and O–H groups in total. The second kappa shape index (κ2) is 8.90. The van der Waals surface area contributed by atoms with E-state index in [1.807, 2.05) is 6.07 Å². The first-order valence-corrected chi connectivity index (χ1v) is 9.54. The number of pyridine rings is 1. The maximum absolute atomic E-state index is 13.1. The number of hydrogen-bond acceptors (Lipinski definition) is 7. The summed E-state index contributed by atoms with van der Waals surface area (Å²) in [7, 11) is 3.03. The fourth-order valence-electron chi connectivity index (χ4n) is 2.90. The van der Waals surface area contributed by atoms with Crippen molar-refractivity contribution in [3.8, 4) is 11.5 Å². The van der Waals surface area contributed by atoms with Crippen molar-refractivity contribution in [3.05, 3.63) is 58.8 Å². The van der Waals surface area contributed by atoms with Gasteiger partial charge in [-0.2, -0.15) is 0 Å². The Morgan fingerprint density at radius 2 is 1.89 bits per heavy atom. The van der Waals surface area contributed by atoms with E-state index in [9.17, 15) is 14.7 Å². The molecule has 3 rings (SSSR count). The van der Waals surface area contributed by atoms with Crippen LogP contribution in [0.5, 0.6) is 11.5 Å². The number of methoxy groups -OCH3 is 2. The molecule has 1 aliphatic rings. The lowest BCUT2D eigenvalue weighted by Crippen LogP contribution is -2.31. The van der Waals surface area contributed by atoms with Crippen LogP contribution >= 0.6 is 11.8 Å². The molecule has 2 heterocycles. The lowest BCUT2D eigenvalue weighted by atomic mass is 10.1. The van der Waals surface area contributed by atoms with Crippen LogP contribution in [0.2, 0.25) is 0 Å². The highest BCUT2D eigenvalue weighted by atomic mass is 32.2. The van der Waals surface area contributed by atoms with Gasteiger partial charge in [-0.15, -0.1) is 11.8 Å². The average molecular weight is 400 g/mol. The van der Waals surface area contributed by atoms with E-state index in [-0.39, 0.29) is 25.0 Å². The molecule has 1 aliphatic heterocycles. The Bertz CT molecular complexity index is 914. The molecule has 1 aromatic carbocycles. The van der Waals surface area contributed by atoms with Gasteiger partial charge in [-0.3, -0.25) is 19.5 Å². The number of carbonyl (C=O) groups excluding carboxylic acids is 2. The number of benzene rings is 1. The van der Waals surface area contributed by atoms with Crippen LogP contribution in [0, 0.1) is 0 Å². The van der Waals surface area contributed by atoms with E-state index < -0.39 is 0 Å². The molecule has 0 atom stereocenters. The van der Waals surface area contributed by atoms with Crippen LogP contribution in [0.15, 0.2) is 47.6 Å². The molecule has 0 saturated carbocycles. The summed E-state index contributed by atoms with van der Waals surface area (Å²) in [5.74, 6) is 0.537. The smallest absolute Gasteiger partial charge is 0.268 e. The summed E-state index contributed by atoms with van der Waals surface area (Å²) in [4.78, 5) is 31.6. The molecule has 0 bridgehead atoms. The molecular weight excluding hydrogens is 380 g/mol. The number of aliphatic hydroxyl groups excluding tert-OH is 1. The van der Waals surface area contributed by atoms with Crippen molar-refractivity contribution in [1.82, 2.24) is 9.88 Å². The Kier molecular flexibility index (Phi) is 6.33. The molecule has 0 spiro atoms. The normalized spacial score (nSPS) is 14.0. The molecule has 0 unspecified atom stereocenters. The minimum absolute atomic E-state index is 0.0997. The molecule has 0 saturated heterocycles. The van der Waals surface area contributed by atoms with Crippen molar-refractivity contribution in [2.45, 2.75) is 6.54 Å². The minimum atomic E-state index is -0.387. The maximum atomic E-state index is 13.1. The van der Waals surface area contributed by atoms with Gasteiger partial charge in [-0.1, -0.05) is 12.1 Å². The number of hydrogen-bond donors (Lipinski definition) is 1. The monoisotopic (exact) mass is 400 g/mol. The summed E-state index contributed by atoms with van der Waals surface area (Å²) in [5.41, 5.74) is 1.61. The van der Waals surface area contributed by atoms with Crippen LogP contribution in [0.25, 0.3) is 5.57 Å². The number of rotatable bonds is 8. The third-order valence-corrected chi connectivity index (χ3v) is 5.25. The quantitative estimate of drug-likeness (QED) is 0.679. The Balaban J connectivity index is 2.01. The molecular formula is C20H20N2O5S. The van der Waals surface area contributed by atoms with E-state index in [0.717, 1.165) is 5.56 Å². The first-order chi connectivity index (χ1) is 13.6. The first-order valence-electron chi connectivity index (χ1n) is 8.56. The van der Waals surface area contributed by atoms with E-state index in [1.54, 1.807) is 36.7 Å². The summed E-state index contributed by atoms with van der Waals surface area (Å²) >= 11 is 1.17. The van der Waals surface area contributed by atoms with E-state index in [0.29, 0.717) is 33.3 Å². The highest BCUT2D eigenvalue weighted by Gasteiger charge is 2.39. The zero-order valence-electron chi connectivity index (χ0n) is 15.5. The van der Waals surface area contributed by atoms with Crippen molar-refractivity contribution in [1.29, 1.82) is 0 Å². The van der Waals surface area contributed by atoms with Crippen LogP contribution in [0.1, 0.15) is 11.1 Å². The fraction of sp³-hybridized carbons (Fsp3) is 0.250. The Morgan fingerprint density at radius 3 is 2.54 bits per heavy atom. The van der Waals surface area contributed by atoms with Crippen molar-refractivity contribution in [2.75, 3.05) is 26.6 Å². The van der Waals surface area contributed by atoms with Gasteiger partial charge >= 0.3 is 0 Å². The predicted molar refractivity (Wildman–Crippen MR) is 106 cm³/mol. The first kappa shape index (κ1) is 19.9. The molecule has 2 amide bonds. The Morgan fingerprint density at radius 1 is 1.11 bits per heavy atom. The van der Waals surface area contributed by atoms with Crippen LogP contribution < -0.4 is 9.47 Å². The molecule has 0 radical (unpaired) electrons. The molecule has 1 aromatic heterocycles. The summed E-state index contributed by atoms with van der Waals surface area (Å²) in [6, 6.07) is 8.64. The van der Waals surface area contributed by atoms with Crippen LogP contribution in [-0.4, -0.2) is 53.4 Å². The number of thioether (sulfide) groups is 1. The number of aliphatic hydroxyl groups is 1. The number of carbonyl (C=O) groups is 2. The summed E-state index contributed by atoms with van der Waals surface area (Å²) in [6.07, 6.45) is 3.25. The lowest BCUT2D eigenvalue weighted by molar-refractivity contribution is -0.137. The van der Waals surface area contributed by atoms with Gasteiger partial charge in [-0.05, 0) is 29.3 Å². The van der Waals surface area contributed by atoms with Gasteiger partial charge in [0.15, 0.2) is 11.5 Å². The van der Waals surface area contributed by atoms with Crippen LogP contribution in [0.3, 0.4) is 0 Å². The van der Waals surface area contributed by atoms with Crippen molar-refractivity contribution >= 4 is 29.1 Å². The van der Waals surface area contributed by atoms with Gasteiger partial charge in [0.2, 0.25) is 0 Å². The van der Waals surface area contributed by atoms with Gasteiger partial charge in [0.1, 0.15) is 0 Å². The van der Waals surface area contributed by atoms with Gasteiger partial charge in [0, 0.05) is 18.1 Å². The standard InChI is InChI=1S/C20H20N2O5S/c1-26-15-6-5-14(10-16(15)27-2)17-18(28-9-8-23)20(25)22(19(17)24)12-13-4-3-7-21-11-13/h3-7,10-11,23H,8-9,12H2,1-2H3. The van der Waals surface area contributed by atoms with E-state index in [4.69, 9.17) is 9.47 Å². The molecule has 7 nitrogen and oxygen atoms in total. The zero-order valence-corrected chi connectivity index (χ0v) is 16.4. The molecule has 28 heavy (non-hydrogen) atoms. The average Bonchev–Trinajstić information content (AvgIpc) is 2.96. The summed E-state index contributed by atoms with van der Waals surface area (Å²) in [6.45, 7) is 0.0307. The van der Waals surface area contributed by atoms with Crippen LogP contribution in [-0.2, 0) is 16.1 Å². The summed E-state index contributed by atoms with van der Waals surface area (Å²) in [5, 5.41) is 9.19. The topological polar surface area (TPSA) is 89.0 Å². The zero-order chi connectivity index (χ0) is 20.1. The molecule has 8 heteroatoms. The summed E-state index contributed by atoms with van der Waals surface area (Å²) < 4.78 is 10.6. The predicted octanol–water partition coefficient (Wildman–Crippen LogP) is 2.10.